The van der Waals surface area contributed by atoms with Crippen molar-refractivity contribution >= 4 is 34.7 Å². The summed E-state index contributed by atoms with van der Waals surface area (Å²) in [5.74, 6) is -2.66. The number of nitriles is 1. The Kier molecular flexibility index (Phi) is 9.35. The highest BCUT2D eigenvalue weighted by molar-refractivity contribution is 6.34. The number of nitrogens with one attached hydrogen (secondary N) is 2. The number of nitrogens with zero attached hydrogens (tertiary/aromatic N) is 5. The number of rotatable bonds is 12. The Morgan fingerprint density at radius 2 is 1.98 bits per heavy atom. The van der Waals surface area contributed by atoms with Crippen molar-refractivity contribution in [1.82, 2.24) is 19.7 Å². The smallest absolute Gasteiger partial charge is 0.252 e. The van der Waals surface area contributed by atoms with Gasteiger partial charge in [-0.2, -0.15) is 9.65 Å². The molecule has 1 saturated heterocycles. The van der Waals surface area contributed by atoms with Crippen molar-refractivity contribution < 1.29 is 27.5 Å². The maximum absolute atomic E-state index is 14.9. The van der Waals surface area contributed by atoms with Gasteiger partial charge >= 0.3 is 0 Å². The van der Waals surface area contributed by atoms with E-state index in [1.165, 1.54) is 50.5 Å². The van der Waals surface area contributed by atoms with E-state index in [1.54, 1.807) is 34.9 Å². The number of carbonyl (C=O) groups excluding carboxylic acids is 1. The zero-order valence-electron chi connectivity index (χ0n) is 23.6. The molecule has 10 nitrogen and oxygen atoms in total. The van der Waals surface area contributed by atoms with E-state index in [2.05, 4.69) is 27.6 Å². The number of ether oxygens (including phenoxy) is 2. The number of fused-ring (bicyclic) bond motifs is 1. The molecule has 224 valence electrons. The summed E-state index contributed by atoms with van der Waals surface area (Å²) in [6.45, 7) is 4.38. The largest absolute Gasteiger partial charge is 0.476 e. The highest BCUT2D eigenvalue weighted by Gasteiger charge is 2.26. The number of imidazole rings is 1. The highest BCUT2D eigenvalue weighted by Crippen LogP contribution is 2.32. The van der Waals surface area contributed by atoms with Crippen LogP contribution in [0.4, 0.5) is 20.3 Å². The molecule has 3 heterocycles. The molecule has 5 rings (SSSR count). The standard InChI is InChI=1S/C30H30ClF2N7O3/c1-40(12-2-3-13-40)14-17-42-16-10-36-30(41)21-5-4-20(18-23(21)31)38-28-29-37-19-24(39(29)11-9-35-28)22-6-7-25(43-15-8-34)27(33)26(22)32/h4-7,9,11,18-19H,2-3,10,12-17H2,1H3,(H-,35,36,38,41)/p+1. The lowest BCUT2D eigenvalue weighted by Crippen LogP contribution is -2.43. The lowest BCUT2D eigenvalue weighted by atomic mass is 10.1. The molecular formula is C30H31ClF2N7O3+. The number of benzene rings is 2. The molecule has 1 aliphatic rings. The van der Waals surface area contributed by atoms with Gasteiger partial charge < -0.3 is 24.6 Å². The molecule has 0 atom stereocenters. The Morgan fingerprint density at radius 3 is 2.74 bits per heavy atom. The predicted octanol–water partition coefficient (Wildman–Crippen LogP) is 4.96. The minimum atomic E-state index is -1.20. The van der Waals surface area contributed by atoms with Crippen LogP contribution in [0.15, 0.2) is 48.9 Å². The van der Waals surface area contributed by atoms with Gasteiger partial charge in [0.2, 0.25) is 5.82 Å². The van der Waals surface area contributed by atoms with Crippen molar-refractivity contribution in [2.24, 2.45) is 0 Å². The first-order chi connectivity index (χ1) is 20.8. The molecule has 2 aromatic heterocycles. The predicted molar refractivity (Wildman–Crippen MR) is 157 cm³/mol. The number of carbonyl (C=O) groups is 1. The van der Waals surface area contributed by atoms with Crippen LogP contribution in [0.1, 0.15) is 23.2 Å². The van der Waals surface area contributed by atoms with E-state index in [4.69, 9.17) is 26.3 Å². The van der Waals surface area contributed by atoms with E-state index in [-0.39, 0.29) is 27.9 Å². The zero-order valence-corrected chi connectivity index (χ0v) is 24.3. The van der Waals surface area contributed by atoms with Gasteiger partial charge in [0.25, 0.3) is 5.91 Å². The van der Waals surface area contributed by atoms with E-state index < -0.39 is 18.2 Å². The number of amides is 1. The van der Waals surface area contributed by atoms with E-state index in [0.717, 1.165) is 11.0 Å². The molecule has 0 aliphatic carbocycles. The van der Waals surface area contributed by atoms with Crippen molar-refractivity contribution in [2.75, 3.05) is 58.4 Å². The average molecular weight is 611 g/mol. The number of hydrogen-bond acceptors (Lipinski definition) is 7. The molecular weight excluding hydrogens is 580 g/mol. The lowest BCUT2D eigenvalue weighted by molar-refractivity contribution is -0.898. The SMILES string of the molecule is C[N+]1(CCOCCNC(=O)c2ccc(Nc3nccn4c(-c5ccc(OCC#N)c(F)c5F)cnc34)cc2Cl)CCCC1. The van der Waals surface area contributed by atoms with Gasteiger partial charge in [0, 0.05) is 43.0 Å². The highest BCUT2D eigenvalue weighted by atomic mass is 35.5. The summed E-state index contributed by atoms with van der Waals surface area (Å²) in [6, 6.07) is 9.21. The van der Waals surface area contributed by atoms with Crippen LogP contribution in [0.5, 0.6) is 5.75 Å². The van der Waals surface area contributed by atoms with Crippen molar-refractivity contribution in [2.45, 2.75) is 12.8 Å². The quantitative estimate of drug-likeness (QED) is 0.172. The van der Waals surface area contributed by atoms with E-state index in [0.29, 0.717) is 42.5 Å². The number of hydrogen-bond donors (Lipinski definition) is 2. The maximum atomic E-state index is 14.9. The Hall–Kier alpha value is -4.31. The van der Waals surface area contributed by atoms with Gasteiger partial charge in [0.1, 0.15) is 12.6 Å². The minimum Gasteiger partial charge on any atom is -0.476 e. The molecule has 1 fully saturated rings. The maximum Gasteiger partial charge on any atom is 0.252 e. The van der Waals surface area contributed by atoms with Crippen molar-refractivity contribution in [3.8, 4) is 23.1 Å². The van der Waals surface area contributed by atoms with Gasteiger partial charge in [-0.25, -0.2) is 14.4 Å². The summed E-state index contributed by atoms with van der Waals surface area (Å²) in [7, 11) is 2.25. The van der Waals surface area contributed by atoms with Gasteiger partial charge in [-0.15, -0.1) is 0 Å². The van der Waals surface area contributed by atoms with Crippen molar-refractivity contribution in [1.29, 1.82) is 5.26 Å². The van der Waals surface area contributed by atoms with Crippen LogP contribution >= 0.6 is 11.6 Å². The molecule has 0 saturated carbocycles. The van der Waals surface area contributed by atoms with E-state index >= 15 is 0 Å². The summed E-state index contributed by atoms with van der Waals surface area (Å²) in [5.41, 5.74) is 1.45. The van der Waals surface area contributed by atoms with Crippen LogP contribution in [0.3, 0.4) is 0 Å². The Labute approximate surface area is 252 Å². The van der Waals surface area contributed by atoms with Crippen molar-refractivity contribution in [3.05, 3.63) is 71.1 Å². The molecule has 0 radical (unpaired) electrons. The molecule has 4 aromatic rings. The van der Waals surface area contributed by atoms with Crippen LogP contribution in [0.25, 0.3) is 16.9 Å². The Bertz CT molecular complexity index is 1670. The van der Waals surface area contributed by atoms with Crippen molar-refractivity contribution in [3.63, 3.8) is 0 Å². The molecule has 1 amide bonds. The second-order valence-corrected chi connectivity index (χ2v) is 10.9. The first-order valence-corrected chi connectivity index (χ1v) is 14.2. The molecule has 2 aromatic carbocycles. The second-order valence-electron chi connectivity index (χ2n) is 10.5. The third kappa shape index (κ3) is 6.85. The van der Waals surface area contributed by atoms with Crippen LogP contribution in [0, 0.1) is 23.0 Å². The number of likely N-dealkylation sites (N-methyl/N-ethyl adjacent to an activating group) is 1. The normalized spacial score (nSPS) is 14.0. The van der Waals surface area contributed by atoms with Gasteiger partial charge in [0.05, 0.1) is 55.8 Å². The summed E-state index contributed by atoms with van der Waals surface area (Å²) >= 11 is 6.44. The fraction of sp³-hybridized carbons (Fsp3) is 0.333. The zero-order chi connectivity index (χ0) is 30.4. The summed E-state index contributed by atoms with van der Waals surface area (Å²) in [4.78, 5) is 21.4. The Morgan fingerprint density at radius 1 is 1.16 bits per heavy atom. The van der Waals surface area contributed by atoms with Crippen LogP contribution in [0.2, 0.25) is 5.02 Å². The van der Waals surface area contributed by atoms with Gasteiger partial charge in [-0.3, -0.25) is 9.20 Å². The molecule has 13 heteroatoms. The van der Waals surface area contributed by atoms with Crippen LogP contribution in [-0.4, -0.2) is 77.8 Å². The minimum absolute atomic E-state index is 0.0440. The number of anilines is 2. The third-order valence-corrected chi connectivity index (χ3v) is 7.79. The van der Waals surface area contributed by atoms with Crippen LogP contribution < -0.4 is 15.4 Å². The van der Waals surface area contributed by atoms with Gasteiger partial charge in [-0.05, 0) is 30.3 Å². The Balaban J connectivity index is 1.22. The number of likely N-dealkylation sites (tertiary alicyclic amines) is 1. The summed E-state index contributed by atoms with van der Waals surface area (Å²) in [5, 5.41) is 14.8. The fourth-order valence-electron chi connectivity index (χ4n) is 5.11. The van der Waals surface area contributed by atoms with Crippen LogP contribution in [-0.2, 0) is 4.74 Å². The first-order valence-electron chi connectivity index (χ1n) is 13.9. The second kappa shape index (κ2) is 13.3. The fourth-order valence-corrected chi connectivity index (χ4v) is 5.38. The summed E-state index contributed by atoms with van der Waals surface area (Å²) in [6.07, 6.45) is 6.98. The first kappa shape index (κ1) is 30.2. The monoisotopic (exact) mass is 610 g/mol. The topological polar surface area (TPSA) is 114 Å². The van der Waals surface area contributed by atoms with Gasteiger partial charge in [0.15, 0.2) is 29.6 Å². The third-order valence-electron chi connectivity index (χ3n) is 7.47. The molecule has 0 spiro atoms. The number of aromatic nitrogens is 3. The van der Waals surface area contributed by atoms with E-state index in [1.807, 2.05) is 0 Å². The summed E-state index contributed by atoms with van der Waals surface area (Å²) < 4.78 is 42.7. The lowest BCUT2D eigenvalue weighted by Gasteiger charge is -2.28. The van der Waals surface area contributed by atoms with E-state index in [9.17, 15) is 13.6 Å². The number of halogens is 3. The average Bonchev–Trinajstić information content (AvgIpc) is 3.63. The molecule has 0 bridgehead atoms. The molecule has 1 aliphatic heterocycles. The number of quaternary nitrogens is 1. The molecule has 43 heavy (non-hydrogen) atoms. The molecule has 0 unspecified atom stereocenters. The molecule has 2 N–H and O–H groups in total. The van der Waals surface area contributed by atoms with Gasteiger partial charge in [-0.1, -0.05) is 11.6 Å².